The van der Waals surface area contributed by atoms with Gasteiger partial charge in [-0.2, -0.15) is 0 Å². The van der Waals surface area contributed by atoms with Crippen LogP contribution in [-0.2, 0) is 17.8 Å². The molecule has 31 heavy (non-hydrogen) atoms. The summed E-state index contributed by atoms with van der Waals surface area (Å²) < 4.78 is 28.2. The molecule has 0 spiro atoms. The minimum Gasteiger partial charge on any atom is -0.283 e. The lowest BCUT2D eigenvalue weighted by atomic mass is 10.1. The predicted molar refractivity (Wildman–Crippen MR) is 124 cm³/mol. The summed E-state index contributed by atoms with van der Waals surface area (Å²) in [6.45, 7) is 2.39. The lowest BCUT2D eigenvalue weighted by molar-refractivity contribution is -0.118. The van der Waals surface area contributed by atoms with E-state index in [1.165, 1.54) is 6.07 Å². The number of benzene rings is 3. The number of nitrogens with zero attached hydrogens (tertiary/aromatic N) is 2. The molecule has 0 aliphatic carbocycles. The van der Waals surface area contributed by atoms with Crippen LogP contribution in [0, 0.1) is 11.6 Å². The maximum atomic E-state index is 14.2. The molecule has 3 nitrogen and oxygen atoms in total. The van der Waals surface area contributed by atoms with Gasteiger partial charge in [0.1, 0.15) is 11.3 Å². The smallest absolute Gasteiger partial charge is 0.233 e. The number of hydrogen-bond acceptors (Lipinski definition) is 4. The third kappa shape index (κ3) is 5.11. The molecule has 4 aromatic rings. The van der Waals surface area contributed by atoms with Crippen LogP contribution in [0.4, 0.5) is 13.9 Å². The van der Waals surface area contributed by atoms with Gasteiger partial charge in [-0.3, -0.25) is 9.69 Å². The minimum absolute atomic E-state index is 0.0770. The summed E-state index contributed by atoms with van der Waals surface area (Å²) in [5, 5.41) is 0.353. The molecule has 3 aromatic carbocycles. The molecule has 0 saturated heterocycles. The van der Waals surface area contributed by atoms with Gasteiger partial charge in [-0.05, 0) is 35.1 Å². The quantitative estimate of drug-likeness (QED) is 0.300. The highest BCUT2D eigenvalue weighted by atomic mass is 32.2. The van der Waals surface area contributed by atoms with Crippen molar-refractivity contribution in [3.63, 3.8) is 0 Å². The second-order valence-electron chi connectivity index (χ2n) is 6.95. The molecule has 7 heteroatoms. The van der Waals surface area contributed by atoms with Crippen LogP contribution < -0.4 is 4.90 Å². The first-order valence-electron chi connectivity index (χ1n) is 9.85. The van der Waals surface area contributed by atoms with E-state index >= 15 is 0 Å². The Kier molecular flexibility index (Phi) is 6.63. The molecule has 158 valence electrons. The molecule has 1 heterocycles. The topological polar surface area (TPSA) is 33.2 Å². The van der Waals surface area contributed by atoms with Gasteiger partial charge < -0.3 is 0 Å². The molecule has 4 rings (SSSR count). The SMILES string of the molecule is CCSc1ccc(CC(=O)N(Cc2ccccc2)c2nc3c(F)cc(F)cc3s2)cc1. The zero-order chi connectivity index (χ0) is 21.8. The normalized spacial score (nSPS) is 11.1. The first kappa shape index (κ1) is 21.5. The van der Waals surface area contributed by atoms with Crippen LogP contribution in [0.1, 0.15) is 18.1 Å². The molecular weight excluding hydrogens is 434 g/mol. The summed E-state index contributed by atoms with van der Waals surface area (Å²) in [6, 6.07) is 19.5. The predicted octanol–water partition coefficient (Wildman–Crippen LogP) is 6.46. The van der Waals surface area contributed by atoms with Crippen LogP contribution in [0.3, 0.4) is 0 Å². The Morgan fingerprint density at radius 2 is 1.77 bits per heavy atom. The van der Waals surface area contributed by atoms with E-state index in [-0.39, 0.29) is 17.8 Å². The van der Waals surface area contributed by atoms with Crippen molar-refractivity contribution in [2.24, 2.45) is 0 Å². The standard InChI is InChI=1S/C24H20F2N2OS2/c1-2-30-19-10-8-16(9-11-19)12-22(29)28(15-17-6-4-3-5-7-17)24-27-23-20(26)13-18(25)14-21(23)31-24/h3-11,13-14H,2,12,15H2,1H3. The van der Waals surface area contributed by atoms with Crippen molar-refractivity contribution in [1.82, 2.24) is 4.98 Å². The maximum absolute atomic E-state index is 14.2. The first-order chi connectivity index (χ1) is 15.0. The van der Waals surface area contributed by atoms with E-state index < -0.39 is 11.6 Å². The zero-order valence-electron chi connectivity index (χ0n) is 16.8. The van der Waals surface area contributed by atoms with Crippen LogP contribution in [-0.4, -0.2) is 16.6 Å². The maximum Gasteiger partial charge on any atom is 0.233 e. The number of halogens is 2. The number of rotatable bonds is 7. The van der Waals surface area contributed by atoms with Crippen molar-refractivity contribution >= 4 is 44.4 Å². The number of amides is 1. The molecule has 0 bridgehead atoms. The fraction of sp³-hybridized carbons (Fsp3) is 0.167. The molecule has 1 amide bonds. The lowest BCUT2D eigenvalue weighted by Gasteiger charge is -2.20. The Morgan fingerprint density at radius 3 is 2.48 bits per heavy atom. The Hall–Kier alpha value is -2.77. The van der Waals surface area contributed by atoms with Gasteiger partial charge in [0, 0.05) is 11.0 Å². The number of hydrogen-bond donors (Lipinski definition) is 0. The molecule has 0 atom stereocenters. The molecule has 0 N–H and O–H groups in total. The van der Waals surface area contributed by atoms with Gasteiger partial charge >= 0.3 is 0 Å². The largest absolute Gasteiger partial charge is 0.283 e. The highest BCUT2D eigenvalue weighted by Crippen LogP contribution is 2.32. The van der Waals surface area contributed by atoms with Gasteiger partial charge in [0.25, 0.3) is 0 Å². The Bertz CT molecular complexity index is 1190. The monoisotopic (exact) mass is 454 g/mol. The van der Waals surface area contributed by atoms with Gasteiger partial charge in [0.2, 0.25) is 5.91 Å². The van der Waals surface area contributed by atoms with Gasteiger partial charge in [-0.25, -0.2) is 13.8 Å². The van der Waals surface area contributed by atoms with E-state index in [0.717, 1.165) is 39.2 Å². The molecule has 1 aromatic heterocycles. The van der Waals surface area contributed by atoms with Crippen LogP contribution in [0.15, 0.2) is 71.6 Å². The van der Waals surface area contributed by atoms with Gasteiger partial charge in [0.15, 0.2) is 10.9 Å². The number of carbonyl (C=O) groups excluding carboxylic acids is 1. The molecule has 0 aliphatic heterocycles. The first-order valence-corrected chi connectivity index (χ1v) is 11.7. The second-order valence-corrected chi connectivity index (χ2v) is 9.30. The van der Waals surface area contributed by atoms with E-state index in [9.17, 15) is 13.6 Å². The molecule has 0 fully saturated rings. The van der Waals surface area contributed by atoms with E-state index in [1.807, 2.05) is 54.6 Å². The fourth-order valence-corrected chi connectivity index (χ4v) is 4.91. The van der Waals surface area contributed by atoms with Crippen LogP contribution in [0.25, 0.3) is 10.2 Å². The van der Waals surface area contributed by atoms with Crippen molar-refractivity contribution in [2.45, 2.75) is 24.8 Å². The molecule has 0 unspecified atom stereocenters. The van der Waals surface area contributed by atoms with Crippen molar-refractivity contribution in [3.05, 3.63) is 89.5 Å². The van der Waals surface area contributed by atoms with Gasteiger partial charge in [-0.1, -0.05) is 60.7 Å². The third-order valence-electron chi connectivity index (χ3n) is 4.71. The number of thioether (sulfide) groups is 1. The summed E-state index contributed by atoms with van der Waals surface area (Å²) in [6.07, 6.45) is 0.191. The number of thiazole rings is 1. The van der Waals surface area contributed by atoms with E-state index in [0.29, 0.717) is 16.4 Å². The average Bonchev–Trinajstić information content (AvgIpc) is 3.18. The van der Waals surface area contributed by atoms with Crippen LogP contribution >= 0.6 is 23.1 Å². The zero-order valence-corrected chi connectivity index (χ0v) is 18.5. The molecule has 0 aliphatic rings. The average molecular weight is 455 g/mol. The third-order valence-corrected chi connectivity index (χ3v) is 6.63. The fourth-order valence-electron chi connectivity index (χ4n) is 3.23. The van der Waals surface area contributed by atoms with Crippen molar-refractivity contribution in [3.8, 4) is 0 Å². The number of aromatic nitrogens is 1. The number of anilines is 1. The second kappa shape index (κ2) is 9.58. The highest BCUT2D eigenvalue weighted by Gasteiger charge is 2.22. The Labute approximate surface area is 187 Å². The van der Waals surface area contributed by atoms with Crippen LogP contribution in [0.2, 0.25) is 0 Å². The Balaban J connectivity index is 1.65. The number of carbonyl (C=O) groups is 1. The van der Waals surface area contributed by atoms with E-state index in [1.54, 1.807) is 16.7 Å². The summed E-state index contributed by atoms with van der Waals surface area (Å²) in [7, 11) is 0. The van der Waals surface area contributed by atoms with Gasteiger partial charge in [0.05, 0.1) is 17.7 Å². The minimum atomic E-state index is -0.728. The van der Waals surface area contributed by atoms with Gasteiger partial charge in [-0.15, -0.1) is 11.8 Å². The highest BCUT2D eigenvalue weighted by molar-refractivity contribution is 7.99. The van der Waals surface area contributed by atoms with Crippen molar-refractivity contribution < 1.29 is 13.6 Å². The van der Waals surface area contributed by atoms with Crippen molar-refractivity contribution in [1.29, 1.82) is 0 Å². The molecule has 0 saturated carbocycles. The summed E-state index contributed by atoms with van der Waals surface area (Å²) in [5.41, 5.74) is 1.89. The Morgan fingerprint density at radius 1 is 1.03 bits per heavy atom. The summed E-state index contributed by atoms with van der Waals surface area (Å²) in [4.78, 5) is 20.3. The summed E-state index contributed by atoms with van der Waals surface area (Å²) in [5.74, 6) is -0.558. The van der Waals surface area contributed by atoms with Crippen LogP contribution in [0.5, 0.6) is 0 Å². The van der Waals surface area contributed by atoms with Crippen molar-refractivity contribution in [2.75, 3.05) is 10.7 Å². The van der Waals surface area contributed by atoms with E-state index in [2.05, 4.69) is 11.9 Å². The summed E-state index contributed by atoms with van der Waals surface area (Å²) >= 11 is 2.85. The molecule has 0 radical (unpaired) electrons. The number of fused-ring (bicyclic) bond motifs is 1. The molecular formula is C24H20F2N2OS2. The van der Waals surface area contributed by atoms with E-state index in [4.69, 9.17) is 0 Å². The lowest BCUT2D eigenvalue weighted by Crippen LogP contribution is -2.31.